The summed E-state index contributed by atoms with van der Waals surface area (Å²) in [6.45, 7) is 1.56. The van der Waals surface area contributed by atoms with E-state index < -0.39 is 53.5 Å². The largest absolute Gasteiger partial charge is 0.479 e. The third kappa shape index (κ3) is 3.12. The molecular formula is C15H16F4O4. The zero-order valence-electron chi connectivity index (χ0n) is 12.6. The summed E-state index contributed by atoms with van der Waals surface area (Å²) in [4.78, 5) is 11.4. The third-order valence-electron chi connectivity index (χ3n) is 4.28. The minimum absolute atomic E-state index is 0.158. The highest BCUT2D eigenvalue weighted by Crippen LogP contribution is 2.49. The van der Waals surface area contributed by atoms with Gasteiger partial charge in [-0.3, -0.25) is 0 Å². The average Bonchev–Trinajstić information content (AvgIpc) is 2.67. The molecule has 1 fully saturated rings. The third-order valence-corrected chi connectivity index (χ3v) is 4.28. The van der Waals surface area contributed by atoms with Gasteiger partial charge in [-0.05, 0) is 25.8 Å². The highest BCUT2D eigenvalue weighted by Gasteiger charge is 2.52. The number of carboxylic acid groups (broad SMARTS) is 1. The monoisotopic (exact) mass is 336 g/mol. The van der Waals surface area contributed by atoms with E-state index in [0.29, 0.717) is 0 Å². The molecule has 0 aliphatic carbocycles. The number of ether oxygens (including phenoxy) is 2. The summed E-state index contributed by atoms with van der Waals surface area (Å²) in [5.74, 6) is -6.67. The van der Waals surface area contributed by atoms with Gasteiger partial charge < -0.3 is 14.6 Å². The van der Waals surface area contributed by atoms with Crippen LogP contribution >= 0.6 is 0 Å². The molecule has 2 rings (SSSR count). The molecule has 0 unspecified atom stereocenters. The second-order valence-corrected chi connectivity index (χ2v) is 5.95. The Morgan fingerprint density at radius 2 is 1.96 bits per heavy atom. The van der Waals surface area contributed by atoms with E-state index in [1.807, 2.05) is 0 Å². The molecule has 8 heteroatoms. The maximum atomic E-state index is 13.9. The lowest BCUT2D eigenvalue weighted by Gasteiger charge is -2.25. The van der Waals surface area contributed by atoms with E-state index in [9.17, 15) is 27.5 Å². The molecule has 1 aromatic carbocycles. The fourth-order valence-corrected chi connectivity index (χ4v) is 2.86. The Morgan fingerprint density at radius 3 is 2.48 bits per heavy atom. The lowest BCUT2D eigenvalue weighted by atomic mass is 9.78. The van der Waals surface area contributed by atoms with Crippen molar-refractivity contribution in [1.82, 2.24) is 0 Å². The van der Waals surface area contributed by atoms with Crippen LogP contribution in [0.1, 0.15) is 32.3 Å². The van der Waals surface area contributed by atoms with E-state index in [4.69, 9.17) is 4.74 Å². The van der Waals surface area contributed by atoms with Crippen LogP contribution in [0.15, 0.2) is 12.1 Å². The summed E-state index contributed by atoms with van der Waals surface area (Å²) >= 11 is 0. The van der Waals surface area contributed by atoms with Gasteiger partial charge in [-0.2, -0.15) is 13.2 Å². The predicted molar refractivity (Wildman–Crippen MR) is 71.5 cm³/mol. The molecule has 0 bridgehead atoms. The normalized spacial score (nSPS) is 26.5. The highest BCUT2D eigenvalue weighted by molar-refractivity contribution is 5.75. The lowest BCUT2D eigenvalue weighted by Crippen LogP contribution is -2.28. The van der Waals surface area contributed by atoms with Crippen molar-refractivity contribution in [2.75, 3.05) is 0 Å². The molecule has 1 aliphatic heterocycles. The lowest BCUT2D eigenvalue weighted by molar-refractivity contribution is -0.153. The molecule has 128 valence electrons. The summed E-state index contributed by atoms with van der Waals surface area (Å²) in [5, 5.41) is 9.31. The van der Waals surface area contributed by atoms with Crippen LogP contribution in [0.4, 0.5) is 17.6 Å². The molecule has 0 saturated carbocycles. The Morgan fingerprint density at radius 1 is 1.35 bits per heavy atom. The first-order valence-corrected chi connectivity index (χ1v) is 6.89. The Kier molecular flexibility index (Phi) is 4.57. The average molecular weight is 336 g/mol. The Labute approximate surface area is 130 Å². The number of benzene rings is 1. The minimum atomic E-state index is -3.38. The molecular weight excluding hydrogens is 320 g/mol. The zero-order valence-corrected chi connectivity index (χ0v) is 12.6. The van der Waals surface area contributed by atoms with Crippen molar-refractivity contribution in [2.24, 2.45) is 5.92 Å². The second-order valence-electron chi connectivity index (χ2n) is 5.95. The van der Waals surface area contributed by atoms with Gasteiger partial charge in [-0.15, -0.1) is 0 Å². The van der Waals surface area contributed by atoms with Crippen LogP contribution < -0.4 is 4.74 Å². The summed E-state index contributed by atoms with van der Waals surface area (Å²) in [6, 6.07) is 1.80. The fraction of sp³-hybridized carbons (Fsp3) is 0.533. The molecule has 1 aliphatic rings. The fourth-order valence-electron chi connectivity index (χ4n) is 2.86. The number of alkyl halides is 2. The van der Waals surface area contributed by atoms with Crippen molar-refractivity contribution in [3.05, 3.63) is 29.3 Å². The summed E-state index contributed by atoms with van der Waals surface area (Å²) in [7, 11) is 0. The SMILES string of the molecule is C[C@H]1[C@@H](c2ccc(F)c(F)c2OC(F)F)[C@H](C(=O)O)OC1(C)C. The van der Waals surface area contributed by atoms with Crippen LogP contribution in [0.25, 0.3) is 0 Å². The van der Waals surface area contributed by atoms with Crippen LogP contribution in [-0.2, 0) is 9.53 Å². The second kappa shape index (κ2) is 5.99. The molecule has 3 atom stereocenters. The van der Waals surface area contributed by atoms with E-state index in [0.717, 1.165) is 12.1 Å². The van der Waals surface area contributed by atoms with Crippen LogP contribution in [0, 0.1) is 17.6 Å². The van der Waals surface area contributed by atoms with Gasteiger partial charge in [0.05, 0.1) is 5.60 Å². The Balaban J connectivity index is 2.59. The predicted octanol–water partition coefficient (Wildman–Crippen LogP) is 3.55. The Bertz CT molecular complexity index is 618. The van der Waals surface area contributed by atoms with Gasteiger partial charge in [-0.25, -0.2) is 9.18 Å². The van der Waals surface area contributed by atoms with Crippen molar-refractivity contribution >= 4 is 5.97 Å². The molecule has 1 saturated heterocycles. The number of hydrogen-bond donors (Lipinski definition) is 1. The van der Waals surface area contributed by atoms with E-state index in [2.05, 4.69) is 4.74 Å². The molecule has 0 aromatic heterocycles. The van der Waals surface area contributed by atoms with Crippen molar-refractivity contribution in [3.63, 3.8) is 0 Å². The van der Waals surface area contributed by atoms with E-state index in [1.54, 1.807) is 20.8 Å². The summed E-state index contributed by atoms with van der Waals surface area (Å²) in [6.07, 6.45) is -1.38. The molecule has 23 heavy (non-hydrogen) atoms. The van der Waals surface area contributed by atoms with Crippen LogP contribution in [-0.4, -0.2) is 29.4 Å². The molecule has 1 N–H and O–H groups in total. The molecule has 0 amide bonds. The van der Waals surface area contributed by atoms with E-state index in [-0.39, 0.29) is 5.56 Å². The van der Waals surface area contributed by atoms with Crippen molar-refractivity contribution in [1.29, 1.82) is 0 Å². The molecule has 1 aromatic rings. The maximum absolute atomic E-state index is 13.9. The van der Waals surface area contributed by atoms with Crippen molar-refractivity contribution in [3.8, 4) is 5.75 Å². The number of carbonyl (C=O) groups is 1. The molecule has 0 spiro atoms. The van der Waals surface area contributed by atoms with Crippen molar-refractivity contribution < 1.29 is 36.9 Å². The Hall–Kier alpha value is -1.83. The van der Waals surface area contributed by atoms with Gasteiger partial charge in [0.15, 0.2) is 17.7 Å². The zero-order chi connectivity index (χ0) is 17.5. The van der Waals surface area contributed by atoms with Gasteiger partial charge >= 0.3 is 12.6 Å². The van der Waals surface area contributed by atoms with Gasteiger partial charge in [0.25, 0.3) is 0 Å². The maximum Gasteiger partial charge on any atom is 0.387 e. The first-order valence-electron chi connectivity index (χ1n) is 6.89. The van der Waals surface area contributed by atoms with Gasteiger partial charge in [0, 0.05) is 11.5 Å². The first kappa shape index (κ1) is 17.5. The van der Waals surface area contributed by atoms with Crippen molar-refractivity contribution in [2.45, 2.75) is 45.0 Å². The van der Waals surface area contributed by atoms with E-state index >= 15 is 0 Å². The quantitative estimate of drug-likeness (QED) is 0.855. The molecule has 1 heterocycles. The van der Waals surface area contributed by atoms with Gasteiger partial charge in [0.1, 0.15) is 0 Å². The molecule has 4 nitrogen and oxygen atoms in total. The number of hydrogen-bond acceptors (Lipinski definition) is 3. The van der Waals surface area contributed by atoms with Crippen LogP contribution in [0.3, 0.4) is 0 Å². The molecule has 0 radical (unpaired) electrons. The number of aliphatic carboxylic acids is 1. The highest BCUT2D eigenvalue weighted by atomic mass is 19.3. The van der Waals surface area contributed by atoms with Crippen LogP contribution in [0.2, 0.25) is 0 Å². The number of halogens is 4. The van der Waals surface area contributed by atoms with Gasteiger partial charge in [0.2, 0.25) is 5.82 Å². The first-order chi connectivity index (χ1) is 10.6. The van der Waals surface area contributed by atoms with Gasteiger partial charge in [-0.1, -0.05) is 13.0 Å². The van der Waals surface area contributed by atoms with Crippen LogP contribution in [0.5, 0.6) is 5.75 Å². The topological polar surface area (TPSA) is 55.8 Å². The standard InChI is InChI=1S/C15H16F4O4/c1-6-9(12(13(20)21)23-15(6,2)3)7-4-5-8(16)10(17)11(7)22-14(18)19/h4-6,9,12,14H,1-3H3,(H,20,21)/t6-,9-,12+/m0/s1. The minimum Gasteiger partial charge on any atom is -0.479 e. The smallest absolute Gasteiger partial charge is 0.387 e. The van der Waals surface area contributed by atoms with E-state index in [1.165, 1.54) is 0 Å². The summed E-state index contributed by atoms with van der Waals surface area (Å²) in [5.41, 5.74) is -1.05. The summed E-state index contributed by atoms with van der Waals surface area (Å²) < 4.78 is 61.9. The number of carboxylic acids is 1. The number of rotatable bonds is 4.